The first-order chi connectivity index (χ1) is 17.9. The second-order valence-electron chi connectivity index (χ2n) is 8.58. The van der Waals surface area contributed by atoms with E-state index in [1.807, 2.05) is 0 Å². The Hall–Kier alpha value is -3.54. The van der Waals surface area contributed by atoms with Gasteiger partial charge in [-0.1, -0.05) is 0 Å². The number of hydrogen-bond acceptors (Lipinski definition) is 1. The maximum atomic E-state index is 5.59. The van der Waals surface area contributed by atoms with Gasteiger partial charge < -0.3 is 0 Å². The molecule has 0 fully saturated rings. The first kappa shape index (κ1) is 22.9. The topological polar surface area (TPSA) is 12.9 Å². The summed E-state index contributed by atoms with van der Waals surface area (Å²) < 4.78 is 2.58. The Kier molecular flexibility index (Phi) is 6.49. The molecule has 6 rings (SSSR count). The summed E-state index contributed by atoms with van der Waals surface area (Å²) in [6.07, 6.45) is 0. The third kappa shape index (κ3) is 4.08. The molecule has 172 valence electrons. The second kappa shape index (κ2) is 10.2. The van der Waals surface area contributed by atoms with Gasteiger partial charge in [0.1, 0.15) is 0 Å². The predicted octanol–water partition coefficient (Wildman–Crippen LogP) is 6.09. The predicted molar refractivity (Wildman–Crippen MR) is 157 cm³/mol. The Morgan fingerprint density at radius 3 is 1.19 bits per heavy atom. The molecule has 0 radical (unpaired) electrons. The number of aromatic nitrogens is 1. The van der Waals surface area contributed by atoms with E-state index in [4.69, 9.17) is 4.98 Å². The van der Waals surface area contributed by atoms with Gasteiger partial charge >= 0.3 is 220 Å². The van der Waals surface area contributed by atoms with Gasteiger partial charge in [-0.05, 0) is 0 Å². The molecule has 1 heterocycles. The summed E-state index contributed by atoms with van der Waals surface area (Å²) >= 11 is 0.0850. The van der Waals surface area contributed by atoms with Gasteiger partial charge in [-0.3, -0.25) is 0 Å². The molecule has 0 atom stereocenters. The number of nitrogens with zero attached hydrogens (tertiary/aromatic N) is 1. The molecule has 1 aromatic heterocycles. The fraction of sp³-hybridized carbons (Fsp3) is 0. The summed E-state index contributed by atoms with van der Waals surface area (Å²) in [4.78, 5) is 5.59. The van der Waals surface area contributed by atoms with E-state index in [1.165, 1.54) is 41.5 Å². The molecule has 1 nitrogen and oxygen atoms in total. The van der Waals surface area contributed by atoms with E-state index >= 15 is 0 Å². The molecule has 0 aliphatic heterocycles. The van der Waals surface area contributed by atoms with E-state index in [-0.39, 0.29) is 14.5 Å². The van der Waals surface area contributed by atoms with Crippen LogP contribution in [0.3, 0.4) is 0 Å². The Morgan fingerprint density at radius 2 is 0.778 bits per heavy atom. The van der Waals surface area contributed by atoms with Gasteiger partial charge in [0.2, 0.25) is 0 Å². The maximum absolute atomic E-state index is 5.59. The van der Waals surface area contributed by atoms with Crippen molar-refractivity contribution >= 4 is 43.1 Å². The van der Waals surface area contributed by atoms with Crippen LogP contribution in [0.2, 0.25) is 0 Å². The third-order valence-electron chi connectivity index (χ3n) is 6.41. The van der Waals surface area contributed by atoms with E-state index in [0.29, 0.717) is 0 Å². The van der Waals surface area contributed by atoms with Crippen LogP contribution in [0.1, 0.15) is 0 Å². The van der Waals surface area contributed by atoms with Gasteiger partial charge in [0.15, 0.2) is 0 Å². The first-order valence-corrected chi connectivity index (χ1v) is 15.6. The van der Waals surface area contributed by atoms with Crippen molar-refractivity contribution in [3.8, 4) is 20.1 Å². The summed E-state index contributed by atoms with van der Waals surface area (Å²) in [6.45, 7) is 0. The summed E-state index contributed by atoms with van der Waals surface area (Å²) in [6, 6.07) is 54.7. The van der Waals surface area contributed by atoms with Gasteiger partial charge in [0.05, 0.1) is 0 Å². The molecule has 5 aromatic carbocycles. The Bertz CT molecular complexity index is 1450. The molecule has 0 saturated carbocycles. The SMILES string of the molecule is c1ccc(-c2nc([P+](c3ccccc3)(c3ccccc3)c3ccccc3)c(-c3ccccc3)[se]2)cc1. The van der Waals surface area contributed by atoms with Crippen molar-refractivity contribution in [2.45, 2.75) is 0 Å². The molecule has 36 heavy (non-hydrogen) atoms. The minimum atomic E-state index is -2.27. The zero-order valence-corrected chi connectivity index (χ0v) is 22.3. The van der Waals surface area contributed by atoms with Gasteiger partial charge in [0, 0.05) is 0 Å². The van der Waals surface area contributed by atoms with E-state index in [1.54, 1.807) is 0 Å². The Morgan fingerprint density at radius 1 is 0.417 bits per heavy atom. The van der Waals surface area contributed by atoms with Crippen LogP contribution in [0, 0.1) is 0 Å². The van der Waals surface area contributed by atoms with Crippen LogP contribution < -0.4 is 21.3 Å². The molecule has 0 amide bonds. The van der Waals surface area contributed by atoms with E-state index in [0.717, 1.165) is 0 Å². The molecule has 0 bridgehead atoms. The summed E-state index contributed by atoms with van der Waals surface area (Å²) in [7, 11) is -2.27. The van der Waals surface area contributed by atoms with Crippen molar-refractivity contribution in [2.75, 3.05) is 0 Å². The van der Waals surface area contributed by atoms with Gasteiger partial charge in [-0.2, -0.15) is 0 Å². The zero-order chi connectivity index (χ0) is 24.2. The number of rotatable bonds is 6. The third-order valence-corrected chi connectivity index (χ3v) is 13.4. The van der Waals surface area contributed by atoms with Gasteiger partial charge in [-0.15, -0.1) is 0 Å². The standard InChI is InChI=1S/C33H25NPSe/c1-6-16-26(17-7-1)31-32(34-33(36-31)27-18-8-2-9-19-27)35(28-20-10-3-11-21-28,29-22-12-4-13-23-29)30-24-14-5-15-25-30/h1-25H/q+1. The van der Waals surface area contributed by atoms with E-state index < -0.39 is 7.26 Å². The number of benzene rings is 5. The molecule has 0 spiro atoms. The van der Waals surface area contributed by atoms with Crippen molar-refractivity contribution in [3.05, 3.63) is 152 Å². The molecule has 0 aliphatic rings. The molecular weight excluding hydrogens is 520 g/mol. The van der Waals surface area contributed by atoms with Crippen LogP contribution in [0.5, 0.6) is 0 Å². The summed E-state index contributed by atoms with van der Waals surface area (Å²) in [5, 5.41) is 4.00. The van der Waals surface area contributed by atoms with Crippen LogP contribution in [-0.2, 0) is 0 Å². The quantitative estimate of drug-likeness (QED) is 0.182. The fourth-order valence-electron chi connectivity index (χ4n) is 4.79. The molecule has 3 heteroatoms. The molecule has 0 saturated heterocycles. The average Bonchev–Trinajstić information content (AvgIpc) is 3.42. The van der Waals surface area contributed by atoms with Crippen molar-refractivity contribution in [3.63, 3.8) is 0 Å². The van der Waals surface area contributed by atoms with Crippen LogP contribution >= 0.6 is 7.26 Å². The van der Waals surface area contributed by atoms with Crippen LogP contribution in [0.25, 0.3) is 20.1 Å². The van der Waals surface area contributed by atoms with Crippen molar-refractivity contribution in [1.29, 1.82) is 0 Å². The fourth-order valence-corrected chi connectivity index (χ4v) is 12.3. The normalized spacial score (nSPS) is 11.3. The molecule has 0 aliphatic carbocycles. The first-order valence-electron chi connectivity index (χ1n) is 12.1. The van der Waals surface area contributed by atoms with Crippen molar-refractivity contribution in [1.82, 2.24) is 4.98 Å². The van der Waals surface area contributed by atoms with Crippen molar-refractivity contribution in [2.24, 2.45) is 0 Å². The summed E-state index contributed by atoms with van der Waals surface area (Å²) in [5.74, 6) is 0. The van der Waals surface area contributed by atoms with Crippen LogP contribution in [0.15, 0.2) is 152 Å². The van der Waals surface area contributed by atoms with E-state index in [2.05, 4.69) is 152 Å². The monoisotopic (exact) mass is 546 g/mol. The van der Waals surface area contributed by atoms with Gasteiger partial charge in [-0.25, -0.2) is 0 Å². The van der Waals surface area contributed by atoms with E-state index in [9.17, 15) is 0 Å². The second-order valence-corrected chi connectivity index (χ2v) is 14.0. The van der Waals surface area contributed by atoms with Gasteiger partial charge in [0.25, 0.3) is 0 Å². The number of hydrogen-bond donors (Lipinski definition) is 0. The zero-order valence-electron chi connectivity index (χ0n) is 19.7. The average molecular weight is 546 g/mol. The summed E-state index contributed by atoms with van der Waals surface area (Å²) in [5.41, 5.74) is 3.72. The molecule has 0 unspecified atom stereocenters. The molecule has 0 N–H and O–H groups in total. The molecular formula is C33H25NPSe+. The molecule has 6 aromatic rings. The Labute approximate surface area is 219 Å². The van der Waals surface area contributed by atoms with Crippen LogP contribution in [-0.4, -0.2) is 19.5 Å². The van der Waals surface area contributed by atoms with Crippen LogP contribution in [0.4, 0.5) is 0 Å². The minimum absolute atomic E-state index is 0.0850. The Balaban J connectivity index is 1.76. The van der Waals surface area contributed by atoms with Crippen molar-refractivity contribution < 1.29 is 0 Å².